The molecule has 0 aromatic heterocycles. The number of rotatable bonds is 9. The lowest BCUT2D eigenvalue weighted by molar-refractivity contribution is -0.139. The monoisotopic (exact) mass is 704 g/mol. The quantitative estimate of drug-likeness (QED) is 0.118. The minimum absolute atomic E-state index is 0.0965. The molecule has 6 rings (SSSR count). The predicted octanol–water partition coefficient (Wildman–Crippen LogP) is 12.1. The molecule has 0 heterocycles. The van der Waals surface area contributed by atoms with Crippen LogP contribution in [-0.4, -0.2) is 0 Å². The molecule has 0 spiro atoms. The Labute approximate surface area is 293 Å². The molecule has 266 valence electrons. The Balaban J connectivity index is 1.43. The lowest BCUT2D eigenvalue weighted by atomic mass is 9.62. The molecule has 4 N–H and O–H groups in total. The molecule has 0 radical (unpaired) electrons. The lowest BCUT2D eigenvalue weighted by Gasteiger charge is -2.42. The van der Waals surface area contributed by atoms with Gasteiger partial charge in [-0.2, -0.15) is 26.3 Å². The van der Waals surface area contributed by atoms with Crippen LogP contribution >= 0.6 is 0 Å². The van der Waals surface area contributed by atoms with Gasteiger partial charge in [-0.25, -0.2) is 0 Å². The summed E-state index contributed by atoms with van der Waals surface area (Å²) in [5, 5.41) is 0. The summed E-state index contributed by atoms with van der Waals surface area (Å²) in [6.45, 7) is 2.11. The van der Waals surface area contributed by atoms with E-state index in [9.17, 15) is 26.3 Å². The summed E-state index contributed by atoms with van der Waals surface area (Å²) in [6, 6.07) is 27.9. The van der Waals surface area contributed by atoms with Crippen LogP contribution in [0.15, 0.2) is 109 Å². The van der Waals surface area contributed by atoms with Gasteiger partial charge in [0, 0.05) is 16.8 Å². The largest absolute Gasteiger partial charge is 0.457 e. The number of benzene rings is 5. The van der Waals surface area contributed by atoms with Gasteiger partial charge in [0.25, 0.3) is 0 Å². The molecule has 0 bridgehead atoms. The third kappa shape index (κ3) is 7.95. The van der Waals surface area contributed by atoms with E-state index in [0.29, 0.717) is 37.1 Å². The summed E-state index contributed by atoms with van der Waals surface area (Å²) < 4.78 is 99.5. The molecule has 0 aliphatic heterocycles. The topological polar surface area (TPSA) is 70.5 Å². The van der Waals surface area contributed by atoms with Crippen LogP contribution in [0.2, 0.25) is 0 Å². The highest BCUT2D eigenvalue weighted by atomic mass is 19.4. The van der Waals surface area contributed by atoms with Crippen molar-refractivity contribution in [2.75, 3.05) is 11.5 Å². The normalized spacial score (nSPS) is 15.0. The van der Waals surface area contributed by atoms with Crippen molar-refractivity contribution in [3.8, 4) is 23.0 Å². The van der Waals surface area contributed by atoms with Crippen molar-refractivity contribution in [3.63, 3.8) is 0 Å². The van der Waals surface area contributed by atoms with E-state index in [1.54, 1.807) is 0 Å². The van der Waals surface area contributed by atoms with Gasteiger partial charge in [0.15, 0.2) is 0 Å². The van der Waals surface area contributed by atoms with E-state index in [2.05, 4.69) is 31.2 Å². The number of aryl methyl sites for hydroxylation is 1. The first kappa shape index (κ1) is 35.7. The van der Waals surface area contributed by atoms with Crippen LogP contribution in [0.3, 0.4) is 0 Å². The van der Waals surface area contributed by atoms with Crippen LogP contribution in [0.25, 0.3) is 0 Å². The van der Waals surface area contributed by atoms with Crippen molar-refractivity contribution < 1.29 is 35.8 Å². The molecule has 5 aromatic rings. The maximum Gasteiger partial charge on any atom is 0.419 e. The summed E-state index contributed by atoms with van der Waals surface area (Å²) >= 11 is 0. The molecule has 1 aliphatic rings. The van der Waals surface area contributed by atoms with E-state index in [0.717, 1.165) is 30.5 Å². The number of halogens is 6. The molecule has 5 aromatic carbocycles. The summed E-state index contributed by atoms with van der Waals surface area (Å²) in [5.74, 6) is -0.423. The van der Waals surface area contributed by atoms with Crippen LogP contribution in [0.5, 0.6) is 23.0 Å². The van der Waals surface area contributed by atoms with Crippen molar-refractivity contribution in [2.45, 2.75) is 69.1 Å². The average Bonchev–Trinajstić information content (AvgIpc) is 3.10. The second-order valence-electron chi connectivity index (χ2n) is 13.1. The van der Waals surface area contributed by atoms with E-state index in [-0.39, 0.29) is 28.5 Å². The first-order chi connectivity index (χ1) is 24.2. The van der Waals surface area contributed by atoms with E-state index in [4.69, 9.17) is 20.9 Å². The number of hydrogen-bond donors (Lipinski definition) is 2. The van der Waals surface area contributed by atoms with E-state index in [1.165, 1.54) is 78.4 Å². The highest BCUT2D eigenvalue weighted by Gasteiger charge is 2.44. The van der Waals surface area contributed by atoms with Crippen LogP contribution in [0.4, 0.5) is 37.7 Å². The molecule has 1 aliphatic carbocycles. The molecule has 51 heavy (non-hydrogen) atoms. The first-order valence-corrected chi connectivity index (χ1v) is 16.8. The zero-order valence-corrected chi connectivity index (χ0v) is 28.0. The van der Waals surface area contributed by atoms with Gasteiger partial charge >= 0.3 is 12.4 Å². The summed E-state index contributed by atoms with van der Waals surface area (Å²) in [7, 11) is 0. The molecular formula is C41H38F6N2O2. The molecule has 1 saturated carbocycles. The van der Waals surface area contributed by atoms with Crippen molar-refractivity contribution in [2.24, 2.45) is 0 Å². The molecule has 0 atom stereocenters. The van der Waals surface area contributed by atoms with Gasteiger partial charge in [0.2, 0.25) is 0 Å². The second kappa shape index (κ2) is 14.2. The van der Waals surface area contributed by atoms with Gasteiger partial charge < -0.3 is 20.9 Å². The fourth-order valence-electron chi connectivity index (χ4n) is 7.04. The Morgan fingerprint density at radius 2 is 1.04 bits per heavy atom. The van der Waals surface area contributed by atoms with E-state index >= 15 is 0 Å². The Morgan fingerprint density at radius 3 is 1.43 bits per heavy atom. The summed E-state index contributed by atoms with van der Waals surface area (Å²) in [5.41, 5.74) is 11.9. The minimum atomic E-state index is -4.81. The van der Waals surface area contributed by atoms with Crippen LogP contribution < -0.4 is 20.9 Å². The van der Waals surface area contributed by atoms with Gasteiger partial charge in [-0.1, -0.05) is 49.7 Å². The van der Waals surface area contributed by atoms with Crippen molar-refractivity contribution >= 4 is 11.4 Å². The minimum Gasteiger partial charge on any atom is -0.457 e. The summed E-state index contributed by atoms with van der Waals surface area (Å²) in [4.78, 5) is 0. The Morgan fingerprint density at radius 1 is 0.608 bits per heavy atom. The highest BCUT2D eigenvalue weighted by Crippen LogP contribution is 2.52. The fourth-order valence-corrected chi connectivity index (χ4v) is 7.04. The van der Waals surface area contributed by atoms with Crippen LogP contribution in [0.1, 0.15) is 78.3 Å². The smallest absolute Gasteiger partial charge is 0.419 e. The zero-order chi connectivity index (χ0) is 36.4. The third-order valence-corrected chi connectivity index (χ3v) is 9.72. The zero-order valence-electron chi connectivity index (χ0n) is 28.0. The van der Waals surface area contributed by atoms with Crippen molar-refractivity contribution in [1.29, 1.82) is 0 Å². The number of alkyl halides is 6. The maximum atomic E-state index is 14.7. The van der Waals surface area contributed by atoms with Gasteiger partial charge in [-0.3, -0.25) is 0 Å². The van der Waals surface area contributed by atoms with Gasteiger partial charge in [0.05, 0.1) is 11.1 Å². The molecule has 1 fully saturated rings. The highest BCUT2D eigenvalue weighted by molar-refractivity contribution is 5.53. The third-order valence-electron chi connectivity index (χ3n) is 9.72. The Kier molecular flexibility index (Phi) is 9.97. The molecular weight excluding hydrogens is 666 g/mol. The number of nitrogen functional groups attached to an aromatic ring is 2. The molecule has 0 amide bonds. The number of ether oxygens (including phenoxy) is 2. The summed E-state index contributed by atoms with van der Waals surface area (Å²) in [6.07, 6.45) is -5.91. The SMILES string of the molecule is CCCc1ccc(C2CCC(c3ccc(Oc4ccc(N)cc4)c(C(F)(F)F)c3)(c3ccc(Oc4ccc(N)cc4)c(C(F)(F)F)c3)CC2)cc1. The number of nitrogens with two attached hydrogens (primary N) is 2. The van der Waals surface area contributed by atoms with Gasteiger partial charge in [0.1, 0.15) is 23.0 Å². The van der Waals surface area contributed by atoms with Gasteiger partial charge in [-0.15, -0.1) is 0 Å². The molecule has 10 heteroatoms. The average molecular weight is 705 g/mol. The van der Waals surface area contributed by atoms with Crippen molar-refractivity contribution in [1.82, 2.24) is 0 Å². The molecule has 0 saturated heterocycles. The number of anilines is 2. The van der Waals surface area contributed by atoms with Crippen LogP contribution in [-0.2, 0) is 24.2 Å². The molecule has 4 nitrogen and oxygen atoms in total. The van der Waals surface area contributed by atoms with Crippen molar-refractivity contribution in [3.05, 3.63) is 143 Å². The van der Waals surface area contributed by atoms with E-state index < -0.39 is 40.4 Å². The Bertz CT molecular complexity index is 1830. The predicted molar refractivity (Wildman–Crippen MR) is 187 cm³/mol. The first-order valence-electron chi connectivity index (χ1n) is 16.8. The molecule has 0 unspecified atom stereocenters. The Hall–Kier alpha value is -5.12. The maximum absolute atomic E-state index is 14.7. The lowest BCUT2D eigenvalue weighted by Crippen LogP contribution is -2.33. The van der Waals surface area contributed by atoms with Crippen LogP contribution in [0, 0.1) is 0 Å². The standard InChI is InChI=1S/C41H38F6N2O2/c1-2-3-26-4-6-27(7-5-26)28-20-22-39(23-21-28,29-8-18-37(35(24-29)40(42,43)44)50-33-14-10-31(48)11-15-33)30-9-19-38(36(25-30)41(45,46)47)51-34-16-12-32(49)13-17-34/h4-19,24-25,28H,2-3,20-23,48-49H2,1H3. The fraction of sp³-hybridized carbons (Fsp3) is 0.268. The van der Waals surface area contributed by atoms with E-state index in [1.807, 2.05) is 0 Å². The number of hydrogen-bond acceptors (Lipinski definition) is 4. The second-order valence-corrected chi connectivity index (χ2v) is 13.1. The van der Waals surface area contributed by atoms with Gasteiger partial charge in [-0.05, 0) is 133 Å².